The van der Waals surface area contributed by atoms with Gasteiger partial charge in [0.2, 0.25) is 0 Å². The first-order valence-corrected chi connectivity index (χ1v) is 5.39. The molecule has 2 rings (SSSR count). The van der Waals surface area contributed by atoms with Gasteiger partial charge in [-0.2, -0.15) is 0 Å². The van der Waals surface area contributed by atoms with Gasteiger partial charge < -0.3 is 5.32 Å². The van der Waals surface area contributed by atoms with Crippen molar-refractivity contribution >= 4 is 5.91 Å². The second-order valence-electron chi connectivity index (χ2n) is 3.69. The molecule has 0 radical (unpaired) electrons. The minimum Gasteiger partial charge on any atom is -0.344 e. The summed E-state index contributed by atoms with van der Waals surface area (Å²) in [5.74, 6) is -0.108. The van der Waals surface area contributed by atoms with Crippen LogP contribution in [0.5, 0.6) is 0 Å². The van der Waals surface area contributed by atoms with E-state index in [0.29, 0.717) is 5.56 Å². The van der Waals surface area contributed by atoms with Gasteiger partial charge in [-0.15, -0.1) is 0 Å². The summed E-state index contributed by atoms with van der Waals surface area (Å²) in [5.41, 5.74) is 1.39. The van der Waals surface area contributed by atoms with Crippen LogP contribution in [0.25, 0.3) is 0 Å². The van der Waals surface area contributed by atoms with Gasteiger partial charge in [0.1, 0.15) is 0 Å². The Balaban J connectivity index is 2.05. The molecule has 0 saturated heterocycles. The molecule has 0 fully saturated rings. The summed E-state index contributed by atoms with van der Waals surface area (Å²) >= 11 is 0. The molecule has 4 heteroatoms. The van der Waals surface area contributed by atoms with Crippen molar-refractivity contribution in [3.8, 4) is 0 Å². The average molecular weight is 227 g/mol. The Morgan fingerprint density at radius 3 is 2.65 bits per heavy atom. The third-order valence-corrected chi connectivity index (χ3v) is 2.41. The largest absolute Gasteiger partial charge is 0.344 e. The Hall–Kier alpha value is -2.23. The zero-order chi connectivity index (χ0) is 12.1. The van der Waals surface area contributed by atoms with Crippen molar-refractivity contribution in [2.24, 2.45) is 0 Å². The SMILES string of the molecule is CC(NC(=O)c1ccccc1)c1cnccn1. The fourth-order valence-electron chi connectivity index (χ4n) is 1.48. The molecule has 0 aliphatic carbocycles. The third-order valence-electron chi connectivity index (χ3n) is 2.41. The molecule has 17 heavy (non-hydrogen) atoms. The fraction of sp³-hybridized carbons (Fsp3) is 0.154. The number of benzene rings is 1. The molecule has 0 spiro atoms. The predicted molar refractivity (Wildman–Crippen MR) is 64.4 cm³/mol. The molecule has 0 aliphatic heterocycles. The van der Waals surface area contributed by atoms with Crippen LogP contribution in [-0.2, 0) is 0 Å². The van der Waals surface area contributed by atoms with Crippen LogP contribution in [0.2, 0.25) is 0 Å². The van der Waals surface area contributed by atoms with Crippen LogP contribution in [0.1, 0.15) is 29.0 Å². The highest BCUT2D eigenvalue weighted by atomic mass is 16.1. The van der Waals surface area contributed by atoms with Crippen LogP contribution in [0.15, 0.2) is 48.9 Å². The van der Waals surface area contributed by atoms with E-state index in [0.717, 1.165) is 5.69 Å². The van der Waals surface area contributed by atoms with Crippen molar-refractivity contribution in [3.63, 3.8) is 0 Å². The van der Waals surface area contributed by atoms with Gasteiger partial charge in [0, 0.05) is 18.0 Å². The quantitative estimate of drug-likeness (QED) is 0.872. The van der Waals surface area contributed by atoms with Crippen LogP contribution < -0.4 is 5.32 Å². The molecule has 1 heterocycles. The van der Waals surface area contributed by atoms with Gasteiger partial charge in [0.05, 0.1) is 17.9 Å². The summed E-state index contributed by atoms with van der Waals surface area (Å²) in [6.45, 7) is 1.88. The zero-order valence-corrected chi connectivity index (χ0v) is 9.50. The van der Waals surface area contributed by atoms with Crippen molar-refractivity contribution in [2.75, 3.05) is 0 Å². The second-order valence-corrected chi connectivity index (χ2v) is 3.69. The number of nitrogens with zero attached hydrogens (tertiary/aromatic N) is 2. The first-order valence-electron chi connectivity index (χ1n) is 5.39. The maximum absolute atomic E-state index is 11.9. The number of aromatic nitrogens is 2. The van der Waals surface area contributed by atoms with Crippen molar-refractivity contribution in [1.29, 1.82) is 0 Å². The number of nitrogens with one attached hydrogen (secondary N) is 1. The molecule has 0 aliphatic rings. The summed E-state index contributed by atoms with van der Waals surface area (Å²) in [4.78, 5) is 20.0. The normalized spacial score (nSPS) is 11.8. The zero-order valence-electron chi connectivity index (χ0n) is 9.50. The molecular formula is C13H13N3O. The van der Waals surface area contributed by atoms with E-state index in [1.54, 1.807) is 30.7 Å². The van der Waals surface area contributed by atoms with Crippen LogP contribution in [0.3, 0.4) is 0 Å². The maximum Gasteiger partial charge on any atom is 0.251 e. The Labute approximate surface area is 99.7 Å². The van der Waals surface area contributed by atoms with Gasteiger partial charge in [0.15, 0.2) is 0 Å². The molecule has 86 valence electrons. The first kappa shape index (κ1) is 11.3. The lowest BCUT2D eigenvalue weighted by molar-refractivity contribution is 0.0939. The van der Waals surface area contributed by atoms with Crippen LogP contribution in [0.4, 0.5) is 0 Å². The molecule has 4 nitrogen and oxygen atoms in total. The van der Waals surface area contributed by atoms with Gasteiger partial charge in [-0.05, 0) is 19.1 Å². The van der Waals surface area contributed by atoms with Gasteiger partial charge in [0.25, 0.3) is 5.91 Å². The predicted octanol–water partition coefficient (Wildman–Crippen LogP) is 1.97. The van der Waals surface area contributed by atoms with E-state index in [9.17, 15) is 4.79 Å². The van der Waals surface area contributed by atoms with Gasteiger partial charge >= 0.3 is 0 Å². The Morgan fingerprint density at radius 1 is 1.24 bits per heavy atom. The Bertz CT molecular complexity index is 485. The first-order chi connectivity index (χ1) is 8.27. The number of hydrogen-bond donors (Lipinski definition) is 1. The van der Waals surface area contributed by atoms with Crippen LogP contribution in [0, 0.1) is 0 Å². The molecule has 1 atom stereocenters. The standard InChI is InChI=1S/C13H13N3O/c1-10(12-9-14-7-8-15-12)16-13(17)11-5-3-2-4-6-11/h2-10H,1H3,(H,16,17). The van der Waals surface area contributed by atoms with E-state index in [-0.39, 0.29) is 11.9 Å². The van der Waals surface area contributed by atoms with Gasteiger partial charge in [-0.3, -0.25) is 14.8 Å². The van der Waals surface area contributed by atoms with Crippen molar-refractivity contribution in [1.82, 2.24) is 15.3 Å². The topological polar surface area (TPSA) is 54.9 Å². The molecule has 1 unspecified atom stereocenters. The van der Waals surface area contributed by atoms with E-state index < -0.39 is 0 Å². The summed E-state index contributed by atoms with van der Waals surface area (Å²) in [6, 6.07) is 8.95. The van der Waals surface area contributed by atoms with E-state index in [1.165, 1.54) is 0 Å². The van der Waals surface area contributed by atoms with Crippen LogP contribution >= 0.6 is 0 Å². The third kappa shape index (κ3) is 2.87. The molecule has 1 amide bonds. The minimum atomic E-state index is -0.156. The number of amides is 1. The monoisotopic (exact) mass is 227 g/mol. The van der Waals surface area contributed by atoms with Crippen LogP contribution in [-0.4, -0.2) is 15.9 Å². The van der Waals surface area contributed by atoms with Crippen molar-refractivity contribution in [3.05, 3.63) is 60.2 Å². The highest BCUT2D eigenvalue weighted by molar-refractivity contribution is 5.94. The summed E-state index contributed by atoms with van der Waals surface area (Å²) in [7, 11) is 0. The molecule has 2 aromatic rings. The van der Waals surface area contributed by atoms with Crippen molar-refractivity contribution in [2.45, 2.75) is 13.0 Å². The summed E-state index contributed by atoms with van der Waals surface area (Å²) in [5, 5.41) is 2.87. The maximum atomic E-state index is 11.9. The second kappa shape index (κ2) is 5.21. The average Bonchev–Trinajstić information content (AvgIpc) is 2.40. The lowest BCUT2D eigenvalue weighted by atomic mass is 10.2. The van der Waals surface area contributed by atoms with E-state index in [4.69, 9.17) is 0 Å². The number of hydrogen-bond acceptors (Lipinski definition) is 3. The highest BCUT2D eigenvalue weighted by Gasteiger charge is 2.11. The van der Waals surface area contributed by atoms with Crippen molar-refractivity contribution < 1.29 is 4.79 Å². The summed E-state index contributed by atoms with van der Waals surface area (Å²) in [6.07, 6.45) is 4.87. The smallest absolute Gasteiger partial charge is 0.251 e. The van der Waals surface area contributed by atoms with Gasteiger partial charge in [-0.25, -0.2) is 0 Å². The lowest BCUT2D eigenvalue weighted by Gasteiger charge is -2.12. The highest BCUT2D eigenvalue weighted by Crippen LogP contribution is 2.08. The van der Waals surface area contributed by atoms with E-state index in [2.05, 4.69) is 15.3 Å². The summed E-state index contributed by atoms with van der Waals surface area (Å²) < 4.78 is 0. The van der Waals surface area contributed by atoms with E-state index in [1.807, 2.05) is 25.1 Å². The number of rotatable bonds is 3. The Morgan fingerprint density at radius 2 is 2.00 bits per heavy atom. The minimum absolute atomic E-state index is 0.108. The molecule has 0 bridgehead atoms. The fourth-order valence-corrected chi connectivity index (χ4v) is 1.48. The molecular weight excluding hydrogens is 214 g/mol. The molecule has 1 aromatic heterocycles. The Kier molecular flexibility index (Phi) is 3.45. The number of carbonyl (C=O) groups is 1. The molecule has 1 N–H and O–H groups in total. The van der Waals surface area contributed by atoms with Gasteiger partial charge in [-0.1, -0.05) is 18.2 Å². The number of carbonyl (C=O) groups excluding carboxylic acids is 1. The lowest BCUT2D eigenvalue weighted by Crippen LogP contribution is -2.27. The molecule has 0 saturated carbocycles. The van der Waals surface area contributed by atoms with E-state index >= 15 is 0 Å². The molecule has 1 aromatic carbocycles.